The molecule has 102 valence electrons. The third-order valence-electron chi connectivity index (χ3n) is 3.33. The Morgan fingerprint density at radius 3 is 2.95 bits per heavy atom. The molecule has 3 N–H and O–H groups in total. The molecule has 0 saturated heterocycles. The molecular formula is C14H19N3OS. The number of rotatable bonds is 4. The topological polar surface area (TPSA) is 68.0 Å². The zero-order chi connectivity index (χ0) is 14.0. The van der Waals surface area contributed by atoms with Crippen molar-refractivity contribution < 1.29 is 4.79 Å². The molecule has 2 aromatic rings. The second-order valence-electron chi connectivity index (χ2n) is 4.89. The normalized spacial score (nSPS) is 14.3. The van der Waals surface area contributed by atoms with Crippen molar-refractivity contribution >= 4 is 32.6 Å². The summed E-state index contributed by atoms with van der Waals surface area (Å²) in [5, 5.41) is 3.42. The lowest BCUT2D eigenvalue weighted by molar-refractivity contribution is -0.118. The highest BCUT2D eigenvalue weighted by Crippen LogP contribution is 2.26. The van der Waals surface area contributed by atoms with Crippen LogP contribution in [-0.2, 0) is 4.79 Å². The molecule has 19 heavy (non-hydrogen) atoms. The van der Waals surface area contributed by atoms with Crippen molar-refractivity contribution in [1.29, 1.82) is 0 Å². The number of carbonyl (C=O) groups is 1. The minimum Gasteiger partial charge on any atom is -0.320 e. The van der Waals surface area contributed by atoms with Crippen molar-refractivity contribution in [1.82, 2.24) is 4.98 Å². The molecule has 0 fully saturated rings. The molecule has 4 nitrogen and oxygen atoms in total. The Morgan fingerprint density at radius 1 is 1.53 bits per heavy atom. The van der Waals surface area contributed by atoms with Crippen molar-refractivity contribution in [2.75, 3.05) is 5.32 Å². The van der Waals surface area contributed by atoms with Crippen LogP contribution in [0.5, 0.6) is 0 Å². The number of hydrogen-bond acceptors (Lipinski definition) is 4. The van der Waals surface area contributed by atoms with Gasteiger partial charge in [0.2, 0.25) is 5.91 Å². The molecule has 0 aliphatic heterocycles. The summed E-state index contributed by atoms with van der Waals surface area (Å²) in [6, 6.07) is 5.56. The highest BCUT2D eigenvalue weighted by molar-refractivity contribution is 7.22. The minimum atomic E-state index is -0.487. The third kappa shape index (κ3) is 3.11. The molecule has 0 aliphatic rings. The number of fused-ring (bicyclic) bond motifs is 1. The number of amides is 1. The largest absolute Gasteiger partial charge is 0.320 e. The van der Waals surface area contributed by atoms with Gasteiger partial charge in [0.25, 0.3) is 0 Å². The minimum absolute atomic E-state index is 0.162. The number of nitrogens with one attached hydrogen (secondary N) is 1. The summed E-state index contributed by atoms with van der Waals surface area (Å²) >= 11 is 1.48. The quantitative estimate of drug-likeness (QED) is 0.903. The van der Waals surface area contributed by atoms with Gasteiger partial charge in [0.15, 0.2) is 5.13 Å². The van der Waals surface area contributed by atoms with Gasteiger partial charge in [0.05, 0.1) is 16.3 Å². The molecule has 2 unspecified atom stereocenters. The number of aromatic nitrogens is 1. The van der Waals surface area contributed by atoms with E-state index in [9.17, 15) is 4.79 Å². The monoisotopic (exact) mass is 277 g/mol. The van der Waals surface area contributed by atoms with E-state index < -0.39 is 6.04 Å². The van der Waals surface area contributed by atoms with Gasteiger partial charge in [0.1, 0.15) is 0 Å². The number of aryl methyl sites for hydroxylation is 1. The Kier molecular flexibility index (Phi) is 4.17. The van der Waals surface area contributed by atoms with Crippen LogP contribution in [-0.4, -0.2) is 16.9 Å². The van der Waals surface area contributed by atoms with Crippen molar-refractivity contribution in [2.45, 2.75) is 33.2 Å². The number of hydrogen-bond donors (Lipinski definition) is 2. The summed E-state index contributed by atoms with van der Waals surface area (Å²) in [5.74, 6) is 0.00162. The predicted molar refractivity (Wildman–Crippen MR) is 80.4 cm³/mol. The van der Waals surface area contributed by atoms with E-state index in [2.05, 4.69) is 16.4 Å². The Bertz CT molecular complexity index is 593. The first-order chi connectivity index (χ1) is 9.01. The average molecular weight is 277 g/mol. The van der Waals surface area contributed by atoms with Gasteiger partial charge in [-0.05, 0) is 30.5 Å². The molecule has 1 amide bonds. The van der Waals surface area contributed by atoms with Crippen molar-refractivity contribution in [3.8, 4) is 0 Å². The van der Waals surface area contributed by atoms with Crippen LogP contribution >= 0.6 is 11.3 Å². The highest BCUT2D eigenvalue weighted by atomic mass is 32.1. The maximum atomic E-state index is 12.0. The number of anilines is 1. The van der Waals surface area contributed by atoms with Gasteiger partial charge in [-0.25, -0.2) is 4.98 Å². The van der Waals surface area contributed by atoms with Crippen LogP contribution in [0.15, 0.2) is 18.2 Å². The standard InChI is InChI=1S/C14H19N3OS/c1-4-9(3)12(15)13(18)17-14-16-10-6-5-8(2)7-11(10)19-14/h5-7,9,12H,4,15H2,1-3H3,(H,16,17,18). The fourth-order valence-electron chi connectivity index (χ4n) is 1.79. The molecule has 1 aromatic heterocycles. The number of nitrogens with zero attached hydrogens (tertiary/aromatic N) is 1. The molecule has 1 aromatic carbocycles. The zero-order valence-corrected chi connectivity index (χ0v) is 12.3. The molecule has 0 radical (unpaired) electrons. The molecule has 0 bridgehead atoms. The van der Waals surface area contributed by atoms with Crippen LogP contribution in [0.2, 0.25) is 0 Å². The van der Waals surface area contributed by atoms with Crippen molar-refractivity contribution in [2.24, 2.45) is 11.7 Å². The van der Waals surface area contributed by atoms with Crippen LogP contribution in [0.4, 0.5) is 5.13 Å². The first-order valence-electron chi connectivity index (χ1n) is 6.45. The molecule has 1 heterocycles. The molecule has 5 heteroatoms. The maximum Gasteiger partial charge on any atom is 0.243 e. The fraction of sp³-hybridized carbons (Fsp3) is 0.429. The second kappa shape index (κ2) is 5.67. The van der Waals surface area contributed by atoms with Crippen LogP contribution < -0.4 is 11.1 Å². The zero-order valence-electron chi connectivity index (χ0n) is 11.4. The van der Waals surface area contributed by atoms with Crippen molar-refractivity contribution in [3.63, 3.8) is 0 Å². The Morgan fingerprint density at radius 2 is 2.26 bits per heavy atom. The lowest BCUT2D eigenvalue weighted by atomic mass is 10.00. The van der Waals surface area contributed by atoms with E-state index in [0.717, 1.165) is 16.6 Å². The molecule has 0 saturated carbocycles. The van der Waals surface area contributed by atoms with Crippen LogP contribution in [0.25, 0.3) is 10.2 Å². The summed E-state index contributed by atoms with van der Waals surface area (Å²) in [6.45, 7) is 6.04. The lowest BCUT2D eigenvalue weighted by Gasteiger charge is -2.16. The number of thiazole rings is 1. The van der Waals surface area contributed by atoms with E-state index in [1.807, 2.05) is 32.9 Å². The number of carbonyl (C=O) groups excluding carboxylic acids is 1. The Labute approximate surface area is 117 Å². The van der Waals surface area contributed by atoms with Gasteiger partial charge in [-0.15, -0.1) is 0 Å². The van der Waals surface area contributed by atoms with E-state index in [-0.39, 0.29) is 11.8 Å². The second-order valence-corrected chi connectivity index (χ2v) is 5.92. The summed E-state index contributed by atoms with van der Waals surface area (Å²) in [6.07, 6.45) is 0.883. The Hall–Kier alpha value is -1.46. The summed E-state index contributed by atoms with van der Waals surface area (Å²) in [5.41, 5.74) is 7.99. The average Bonchev–Trinajstić information content (AvgIpc) is 2.77. The van der Waals surface area contributed by atoms with Gasteiger partial charge < -0.3 is 11.1 Å². The van der Waals surface area contributed by atoms with Crippen molar-refractivity contribution in [3.05, 3.63) is 23.8 Å². The number of benzene rings is 1. The van der Waals surface area contributed by atoms with Gasteiger partial charge in [-0.1, -0.05) is 37.7 Å². The lowest BCUT2D eigenvalue weighted by Crippen LogP contribution is -2.40. The van der Waals surface area contributed by atoms with Gasteiger partial charge in [-0.3, -0.25) is 4.79 Å². The molecule has 0 spiro atoms. The highest BCUT2D eigenvalue weighted by Gasteiger charge is 2.20. The fourth-order valence-corrected chi connectivity index (χ4v) is 2.75. The Balaban J connectivity index is 2.15. The molecule has 2 atom stereocenters. The number of nitrogens with two attached hydrogens (primary N) is 1. The van der Waals surface area contributed by atoms with Crippen LogP contribution in [0.3, 0.4) is 0 Å². The molecule has 0 aliphatic carbocycles. The van der Waals surface area contributed by atoms with E-state index in [4.69, 9.17) is 5.73 Å². The summed E-state index contributed by atoms with van der Waals surface area (Å²) in [7, 11) is 0. The van der Waals surface area contributed by atoms with Gasteiger partial charge in [-0.2, -0.15) is 0 Å². The first-order valence-corrected chi connectivity index (χ1v) is 7.26. The van der Waals surface area contributed by atoms with Gasteiger partial charge in [0, 0.05) is 0 Å². The van der Waals surface area contributed by atoms with Crippen LogP contribution in [0, 0.1) is 12.8 Å². The van der Waals surface area contributed by atoms with E-state index in [1.54, 1.807) is 0 Å². The summed E-state index contributed by atoms with van der Waals surface area (Å²) in [4.78, 5) is 16.4. The first kappa shape index (κ1) is 14.0. The third-order valence-corrected chi connectivity index (χ3v) is 4.27. The predicted octanol–water partition coefficient (Wildman–Crippen LogP) is 2.92. The van der Waals surface area contributed by atoms with E-state index in [1.165, 1.54) is 16.9 Å². The van der Waals surface area contributed by atoms with Crippen LogP contribution in [0.1, 0.15) is 25.8 Å². The summed E-state index contributed by atoms with van der Waals surface area (Å²) < 4.78 is 1.08. The van der Waals surface area contributed by atoms with Gasteiger partial charge >= 0.3 is 0 Å². The van der Waals surface area contributed by atoms with E-state index in [0.29, 0.717) is 5.13 Å². The molecular weight excluding hydrogens is 258 g/mol. The smallest absolute Gasteiger partial charge is 0.243 e. The SMILES string of the molecule is CCC(C)C(N)C(=O)Nc1nc2ccc(C)cc2s1. The van der Waals surface area contributed by atoms with E-state index >= 15 is 0 Å². The molecule has 2 rings (SSSR count). The maximum absolute atomic E-state index is 12.0.